The molecule has 0 atom stereocenters. The highest BCUT2D eigenvalue weighted by atomic mass is 32.2. The molecule has 0 amide bonds. The molecule has 2 aliphatic rings. The van der Waals surface area contributed by atoms with Crippen molar-refractivity contribution in [1.82, 2.24) is 4.31 Å². The first kappa shape index (κ1) is 21.3. The molecule has 0 radical (unpaired) electrons. The van der Waals surface area contributed by atoms with Gasteiger partial charge in [0.15, 0.2) is 23.9 Å². The van der Waals surface area contributed by atoms with E-state index < -0.39 is 34.3 Å². The van der Waals surface area contributed by atoms with Crippen molar-refractivity contribution in [2.24, 2.45) is 5.92 Å². The Labute approximate surface area is 178 Å². The highest BCUT2D eigenvalue weighted by molar-refractivity contribution is 7.89. The Bertz CT molecular complexity index is 1090. The molecular formula is C21H20FNO7S. The van der Waals surface area contributed by atoms with Gasteiger partial charge in [-0.05, 0) is 55.3 Å². The van der Waals surface area contributed by atoms with Gasteiger partial charge >= 0.3 is 5.97 Å². The van der Waals surface area contributed by atoms with Gasteiger partial charge in [-0.15, -0.1) is 0 Å². The predicted octanol–water partition coefficient (Wildman–Crippen LogP) is 2.38. The molecule has 8 nitrogen and oxygen atoms in total. The molecule has 1 fully saturated rings. The quantitative estimate of drug-likeness (QED) is 0.493. The molecule has 31 heavy (non-hydrogen) atoms. The lowest BCUT2D eigenvalue weighted by atomic mass is 9.98. The summed E-state index contributed by atoms with van der Waals surface area (Å²) in [7, 11) is -3.76. The van der Waals surface area contributed by atoms with E-state index in [0.717, 1.165) is 12.1 Å². The van der Waals surface area contributed by atoms with E-state index in [2.05, 4.69) is 0 Å². The van der Waals surface area contributed by atoms with Crippen LogP contribution in [0.1, 0.15) is 23.2 Å². The highest BCUT2D eigenvalue weighted by Gasteiger charge is 2.33. The lowest BCUT2D eigenvalue weighted by Crippen LogP contribution is -2.40. The molecule has 2 aromatic carbocycles. The van der Waals surface area contributed by atoms with Crippen molar-refractivity contribution < 1.29 is 36.6 Å². The number of benzene rings is 2. The van der Waals surface area contributed by atoms with Gasteiger partial charge in [-0.1, -0.05) is 0 Å². The number of nitrogens with zero attached hydrogens (tertiary/aromatic N) is 1. The number of piperidine rings is 1. The number of esters is 1. The van der Waals surface area contributed by atoms with Crippen molar-refractivity contribution in [1.29, 1.82) is 0 Å². The van der Waals surface area contributed by atoms with Crippen LogP contribution < -0.4 is 9.47 Å². The minimum absolute atomic E-state index is 0.00393. The van der Waals surface area contributed by atoms with Gasteiger partial charge in [-0.25, -0.2) is 12.8 Å². The van der Waals surface area contributed by atoms with Crippen LogP contribution in [0.4, 0.5) is 4.39 Å². The van der Waals surface area contributed by atoms with Gasteiger partial charge in [0.1, 0.15) is 5.82 Å². The molecule has 164 valence electrons. The Balaban J connectivity index is 1.29. The normalized spacial score (nSPS) is 16.8. The number of ether oxygens (including phenoxy) is 3. The average Bonchev–Trinajstić information content (AvgIpc) is 3.25. The van der Waals surface area contributed by atoms with E-state index in [1.54, 1.807) is 12.1 Å². The molecule has 0 bridgehead atoms. The summed E-state index contributed by atoms with van der Waals surface area (Å²) < 4.78 is 55.2. The lowest BCUT2D eigenvalue weighted by Gasteiger charge is -2.30. The fraction of sp³-hybridized carbons (Fsp3) is 0.333. The summed E-state index contributed by atoms with van der Waals surface area (Å²) in [6, 6.07) is 9.34. The predicted molar refractivity (Wildman–Crippen MR) is 106 cm³/mol. The number of sulfonamides is 1. The fourth-order valence-electron chi connectivity index (χ4n) is 3.50. The van der Waals surface area contributed by atoms with Crippen LogP contribution in [0.15, 0.2) is 47.4 Å². The largest absolute Gasteiger partial charge is 0.457 e. The average molecular weight is 449 g/mol. The van der Waals surface area contributed by atoms with Gasteiger partial charge in [0.05, 0.1) is 10.8 Å². The Kier molecular flexibility index (Phi) is 5.92. The molecular weight excluding hydrogens is 429 g/mol. The second kappa shape index (κ2) is 8.64. The van der Waals surface area contributed by atoms with E-state index in [1.165, 1.54) is 22.5 Å². The van der Waals surface area contributed by atoms with E-state index >= 15 is 0 Å². The van der Waals surface area contributed by atoms with Crippen LogP contribution in [0.5, 0.6) is 11.5 Å². The van der Waals surface area contributed by atoms with Crippen LogP contribution >= 0.6 is 0 Å². The number of halogens is 1. The Morgan fingerprint density at radius 3 is 2.42 bits per heavy atom. The van der Waals surface area contributed by atoms with Gasteiger partial charge in [-0.3, -0.25) is 9.59 Å². The molecule has 4 rings (SSSR count). The smallest absolute Gasteiger partial charge is 0.309 e. The molecule has 2 aliphatic heterocycles. The Hall–Kier alpha value is -2.98. The highest BCUT2D eigenvalue weighted by Crippen LogP contribution is 2.32. The molecule has 10 heteroatoms. The molecule has 0 aromatic heterocycles. The van der Waals surface area contributed by atoms with Crippen LogP contribution in [0.3, 0.4) is 0 Å². The van der Waals surface area contributed by atoms with E-state index in [1.807, 2.05) is 0 Å². The monoisotopic (exact) mass is 449 g/mol. The first-order valence-electron chi connectivity index (χ1n) is 9.70. The molecule has 0 aliphatic carbocycles. The summed E-state index contributed by atoms with van der Waals surface area (Å²) >= 11 is 0. The number of Topliss-reactive ketones (excluding diaryl/α,β-unsaturated/α-hetero) is 1. The minimum atomic E-state index is -3.76. The van der Waals surface area contributed by atoms with Crippen LogP contribution in [0, 0.1) is 11.7 Å². The van der Waals surface area contributed by atoms with Crippen LogP contribution in [-0.2, 0) is 19.6 Å². The van der Waals surface area contributed by atoms with Crippen molar-refractivity contribution in [3.63, 3.8) is 0 Å². The van der Waals surface area contributed by atoms with Gasteiger partial charge in [0.2, 0.25) is 16.8 Å². The first-order chi connectivity index (χ1) is 14.8. The minimum Gasteiger partial charge on any atom is -0.457 e. The van der Waals surface area contributed by atoms with Crippen molar-refractivity contribution >= 4 is 21.8 Å². The Morgan fingerprint density at radius 2 is 1.71 bits per heavy atom. The standard InChI is InChI=1S/C21H20FNO7S/c22-16-2-4-17(5-3-16)31(26,27)23-9-7-14(8-10-23)21(25)28-12-18(24)15-1-6-19-20(11-15)30-13-29-19/h1-6,11,14H,7-10,12-13H2. The number of carbonyl (C=O) groups excluding carboxylic acids is 2. The van der Waals surface area contributed by atoms with Crippen LogP contribution in [-0.4, -0.2) is 51.0 Å². The third-order valence-electron chi connectivity index (χ3n) is 5.28. The second-order valence-electron chi connectivity index (χ2n) is 7.23. The second-order valence-corrected chi connectivity index (χ2v) is 9.17. The van der Waals surface area contributed by atoms with Crippen LogP contribution in [0.25, 0.3) is 0 Å². The Morgan fingerprint density at radius 1 is 1.03 bits per heavy atom. The van der Waals surface area contributed by atoms with Gasteiger partial charge in [0, 0.05) is 18.7 Å². The summed E-state index contributed by atoms with van der Waals surface area (Å²) in [4.78, 5) is 24.7. The first-order valence-corrected chi connectivity index (χ1v) is 11.1. The molecule has 0 N–H and O–H groups in total. The summed E-state index contributed by atoms with van der Waals surface area (Å²) in [6.07, 6.45) is 0.551. The zero-order valence-electron chi connectivity index (χ0n) is 16.5. The number of hydrogen-bond acceptors (Lipinski definition) is 7. The molecule has 0 saturated carbocycles. The fourth-order valence-corrected chi connectivity index (χ4v) is 4.97. The number of hydrogen-bond donors (Lipinski definition) is 0. The van der Waals surface area contributed by atoms with Crippen molar-refractivity contribution in [2.45, 2.75) is 17.7 Å². The maximum Gasteiger partial charge on any atom is 0.309 e. The zero-order valence-corrected chi connectivity index (χ0v) is 17.3. The van der Waals surface area contributed by atoms with E-state index in [9.17, 15) is 22.4 Å². The summed E-state index contributed by atoms with van der Waals surface area (Å²) in [6.45, 7) is -0.0464. The molecule has 1 saturated heterocycles. The summed E-state index contributed by atoms with van der Waals surface area (Å²) in [5.41, 5.74) is 0.345. The number of fused-ring (bicyclic) bond motifs is 1. The topological polar surface area (TPSA) is 99.2 Å². The summed E-state index contributed by atoms with van der Waals surface area (Å²) in [5, 5.41) is 0. The lowest BCUT2D eigenvalue weighted by molar-refractivity contribution is -0.148. The molecule has 2 heterocycles. The molecule has 0 spiro atoms. The van der Waals surface area contributed by atoms with Crippen molar-refractivity contribution in [2.75, 3.05) is 26.5 Å². The third-order valence-corrected chi connectivity index (χ3v) is 7.19. The van der Waals surface area contributed by atoms with E-state index in [-0.39, 0.29) is 43.4 Å². The van der Waals surface area contributed by atoms with Gasteiger partial charge in [0.25, 0.3) is 0 Å². The van der Waals surface area contributed by atoms with Crippen LogP contribution in [0.2, 0.25) is 0 Å². The SMILES string of the molecule is O=C(COC(=O)C1CCN(S(=O)(=O)c2ccc(F)cc2)CC1)c1ccc2c(c1)OCO2. The van der Waals surface area contributed by atoms with E-state index in [0.29, 0.717) is 17.1 Å². The number of rotatable bonds is 6. The maximum absolute atomic E-state index is 13.1. The van der Waals surface area contributed by atoms with E-state index in [4.69, 9.17) is 14.2 Å². The zero-order chi connectivity index (χ0) is 22.0. The molecule has 2 aromatic rings. The summed E-state index contributed by atoms with van der Waals surface area (Å²) in [5.74, 6) is -0.904. The van der Waals surface area contributed by atoms with Crippen molar-refractivity contribution in [3.05, 3.63) is 53.8 Å². The third kappa shape index (κ3) is 4.54. The van der Waals surface area contributed by atoms with Crippen molar-refractivity contribution in [3.8, 4) is 11.5 Å². The van der Waals surface area contributed by atoms with Gasteiger partial charge in [-0.2, -0.15) is 4.31 Å². The van der Waals surface area contributed by atoms with Gasteiger partial charge < -0.3 is 14.2 Å². The number of ketones is 1. The molecule has 0 unspecified atom stereocenters. The maximum atomic E-state index is 13.1. The number of carbonyl (C=O) groups is 2.